The molecule has 8 nitrogen and oxygen atoms in total. The molecule has 1 saturated carbocycles. The van der Waals surface area contributed by atoms with Crippen LogP contribution in [0.1, 0.15) is 13.8 Å². The van der Waals surface area contributed by atoms with Crippen molar-refractivity contribution >= 4 is 23.9 Å². The zero-order valence-corrected chi connectivity index (χ0v) is 9.79. The Labute approximate surface area is 102 Å². The van der Waals surface area contributed by atoms with Crippen LogP contribution in [0.3, 0.4) is 0 Å². The van der Waals surface area contributed by atoms with Gasteiger partial charge in [-0.2, -0.15) is 0 Å². The highest BCUT2D eigenvalue weighted by Gasteiger charge is 2.77. The number of urea groups is 2. The number of amides is 6. The van der Waals surface area contributed by atoms with Crippen LogP contribution in [0.15, 0.2) is 0 Å². The number of carbonyl (C=O) groups is 4. The van der Waals surface area contributed by atoms with Gasteiger partial charge >= 0.3 is 12.1 Å². The lowest BCUT2D eigenvalue weighted by Gasteiger charge is -2.66. The quantitative estimate of drug-likeness (QED) is 0.416. The minimum atomic E-state index is -1.07. The van der Waals surface area contributed by atoms with Crippen LogP contribution in [0.5, 0.6) is 0 Å². The molecule has 2 aliphatic heterocycles. The van der Waals surface area contributed by atoms with Gasteiger partial charge in [0.25, 0.3) is 0 Å². The van der Waals surface area contributed by atoms with E-state index >= 15 is 0 Å². The normalized spacial score (nSPS) is 45.7. The smallest absolute Gasteiger partial charge is 0.321 e. The fraction of sp³-hybridized carbons (Fsp3) is 0.600. The standard InChI is InChI=1S/C10H12N4O4/c1-9-3(11-7(17)13-5(9)15)4-10(9,2)6(16)14-8(18)12-4/h3-4H,1-2H3,(H2,11,13,15,17)(H2,12,14,16,18)/t3-,4-,9+,10+/m1/s1. The van der Waals surface area contributed by atoms with Crippen LogP contribution in [-0.2, 0) is 9.59 Å². The van der Waals surface area contributed by atoms with Crippen LogP contribution in [0, 0.1) is 10.8 Å². The van der Waals surface area contributed by atoms with E-state index in [9.17, 15) is 19.2 Å². The van der Waals surface area contributed by atoms with E-state index in [1.165, 1.54) is 0 Å². The van der Waals surface area contributed by atoms with E-state index in [1.807, 2.05) is 0 Å². The van der Waals surface area contributed by atoms with Gasteiger partial charge in [0.05, 0.1) is 22.9 Å². The maximum atomic E-state index is 12.0. The van der Waals surface area contributed by atoms with Gasteiger partial charge in [0, 0.05) is 0 Å². The number of rotatable bonds is 0. The number of carbonyl (C=O) groups excluding carboxylic acids is 4. The number of imide groups is 2. The summed E-state index contributed by atoms with van der Waals surface area (Å²) in [6.45, 7) is 3.22. The van der Waals surface area contributed by atoms with Crippen molar-refractivity contribution in [2.75, 3.05) is 0 Å². The van der Waals surface area contributed by atoms with Gasteiger partial charge in [0.1, 0.15) is 0 Å². The predicted molar refractivity (Wildman–Crippen MR) is 57.1 cm³/mol. The molecule has 0 aromatic rings. The highest BCUT2D eigenvalue weighted by atomic mass is 16.2. The molecule has 0 spiro atoms. The van der Waals surface area contributed by atoms with Gasteiger partial charge in [-0.15, -0.1) is 0 Å². The fourth-order valence-electron chi connectivity index (χ4n) is 3.25. The van der Waals surface area contributed by atoms with Gasteiger partial charge in [-0.1, -0.05) is 0 Å². The molecule has 1 aliphatic carbocycles. The summed E-state index contributed by atoms with van der Waals surface area (Å²) in [5.74, 6) is -0.998. The third-order valence-corrected chi connectivity index (χ3v) is 4.63. The van der Waals surface area contributed by atoms with E-state index in [2.05, 4.69) is 21.3 Å². The summed E-state index contributed by atoms with van der Waals surface area (Å²) in [5.41, 5.74) is -2.13. The van der Waals surface area contributed by atoms with Gasteiger partial charge in [-0.3, -0.25) is 20.2 Å². The highest BCUT2D eigenvalue weighted by Crippen LogP contribution is 2.58. The Bertz CT molecular complexity index is 472. The van der Waals surface area contributed by atoms with E-state index in [1.54, 1.807) is 13.8 Å². The number of hydrogen-bond acceptors (Lipinski definition) is 4. The molecule has 4 N–H and O–H groups in total. The van der Waals surface area contributed by atoms with Gasteiger partial charge < -0.3 is 10.6 Å². The Morgan fingerprint density at radius 1 is 0.778 bits per heavy atom. The van der Waals surface area contributed by atoms with E-state index in [4.69, 9.17) is 0 Å². The van der Waals surface area contributed by atoms with Crippen molar-refractivity contribution in [2.45, 2.75) is 25.9 Å². The average Bonchev–Trinajstić information content (AvgIpc) is 2.29. The molecule has 0 unspecified atom stereocenters. The molecule has 6 amide bonds. The maximum absolute atomic E-state index is 12.0. The van der Waals surface area contributed by atoms with E-state index < -0.39 is 46.8 Å². The molecule has 3 fully saturated rings. The van der Waals surface area contributed by atoms with Crippen molar-refractivity contribution in [3.63, 3.8) is 0 Å². The predicted octanol–water partition coefficient (Wildman–Crippen LogP) is -1.57. The van der Waals surface area contributed by atoms with Crippen LogP contribution >= 0.6 is 0 Å². The van der Waals surface area contributed by atoms with Crippen molar-refractivity contribution in [3.05, 3.63) is 0 Å². The van der Waals surface area contributed by atoms with Crippen LogP contribution in [0.4, 0.5) is 9.59 Å². The molecule has 0 aromatic carbocycles. The van der Waals surface area contributed by atoms with Crippen LogP contribution < -0.4 is 21.3 Å². The first-order valence-corrected chi connectivity index (χ1v) is 5.55. The Kier molecular flexibility index (Phi) is 1.72. The molecule has 2 saturated heterocycles. The molecule has 96 valence electrons. The van der Waals surface area contributed by atoms with Crippen molar-refractivity contribution in [2.24, 2.45) is 10.8 Å². The van der Waals surface area contributed by atoms with Crippen LogP contribution in [0.2, 0.25) is 0 Å². The molecule has 18 heavy (non-hydrogen) atoms. The van der Waals surface area contributed by atoms with E-state index in [0.717, 1.165) is 0 Å². The summed E-state index contributed by atoms with van der Waals surface area (Å²) in [6.07, 6.45) is 0. The molecule has 3 rings (SSSR count). The number of hydrogen-bond donors (Lipinski definition) is 4. The topological polar surface area (TPSA) is 116 Å². The number of nitrogens with one attached hydrogen (secondary N) is 4. The summed E-state index contributed by atoms with van der Waals surface area (Å²) in [6, 6.07) is -2.35. The summed E-state index contributed by atoms with van der Waals surface area (Å²) >= 11 is 0. The largest absolute Gasteiger partial charge is 0.332 e. The average molecular weight is 252 g/mol. The van der Waals surface area contributed by atoms with Crippen molar-refractivity contribution in [1.29, 1.82) is 0 Å². The fourth-order valence-corrected chi connectivity index (χ4v) is 3.25. The second kappa shape index (κ2) is 2.82. The van der Waals surface area contributed by atoms with Gasteiger partial charge in [0.15, 0.2) is 0 Å². The first-order valence-electron chi connectivity index (χ1n) is 5.55. The minimum absolute atomic E-state index is 0.499. The zero-order valence-electron chi connectivity index (χ0n) is 9.79. The third-order valence-electron chi connectivity index (χ3n) is 4.63. The molecule has 3 aliphatic rings. The molecular weight excluding hydrogens is 240 g/mol. The van der Waals surface area contributed by atoms with Crippen molar-refractivity contribution < 1.29 is 19.2 Å². The van der Waals surface area contributed by atoms with Crippen molar-refractivity contribution in [1.82, 2.24) is 21.3 Å². The summed E-state index contributed by atoms with van der Waals surface area (Å²) in [4.78, 5) is 46.6. The summed E-state index contributed by atoms with van der Waals surface area (Å²) < 4.78 is 0. The molecule has 0 radical (unpaired) electrons. The Morgan fingerprint density at radius 2 is 1.11 bits per heavy atom. The Morgan fingerprint density at radius 3 is 1.44 bits per heavy atom. The Hall–Kier alpha value is -2.12. The lowest BCUT2D eigenvalue weighted by molar-refractivity contribution is -0.182. The lowest BCUT2D eigenvalue weighted by Crippen LogP contribution is -2.90. The summed E-state index contributed by atoms with van der Waals surface area (Å²) in [7, 11) is 0. The lowest BCUT2D eigenvalue weighted by atomic mass is 9.43. The molecule has 2 heterocycles. The van der Waals surface area contributed by atoms with Crippen molar-refractivity contribution in [3.8, 4) is 0 Å². The highest BCUT2D eigenvalue weighted by molar-refractivity contribution is 6.10. The molecule has 0 aromatic heterocycles. The second-order valence-electron chi connectivity index (χ2n) is 5.22. The molecular formula is C10H12N4O4. The van der Waals surface area contributed by atoms with Gasteiger partial charge in [0.2, 0.25) is 11.8 Å². The first-order chi connectivity index (χ1) is 8.31. The van der Waals surface area contributed by atoms with Crippen LogP contribution in [-0.4, -0.2) is 36.0 Å². The monoisotopic (exact) mass is 252 g/mol. The first kappa shape index (κ1) is 11.0. The van der Waals surface area contributed by atoms with Crippen LogP contribution in [0.25, 0.3) is 0 Å². The molecule has 0 bridgehead atoms. The van der Waals surface area contributed by atoms with E-state index in [0.29, 0.717) is 0 Å². The van der Waals surface area contributed by atoms with E-state index in [-0.39, 0.29) is 0 Å². The summed E-state index contributed by atoms with van der Waals surface area (Å²) in [5, 5.41) is 9.49. The SMILES string of the molecule is C[C@@]12C(=O)NC(=O)N[C@@H]1[C@H]1NC(=O)NC(=O)[C@]12C. The second-order valence-corrected chi connectivity index (χ2v) is 5.22. The molecule has 4 atom stereocenters. The van der Waals surface area contributed by atoms with Gasteiger partial charge in [-0.25, -0.2) is 9.59 Å². The molecule has 8 heteroatoms. The number of fused-ring (bicyclic) bond motifs is 4. The Balaban J connectivity index is 2.07. The maximum Gasteiger partial charge on any atom is 0.321 e. The van der Waals surface area contributed by atoms with Gasteiger partial charge in [-0.05, 0) is 13.8 Å². The third kappa shape index (κ3) is 0.889. The minimum Gasteiger partial charge on any atom is -0.332 e. The zero-order chi connectivity index (χ0) is 13.3.